The van der Waals surface area contributed by atoms with Crippen LogP contribution in [-0.4, -0.2) is 37.1 Å². The fourth-order valence-electron chi connectivity index (χ4n) is 2.56. The second kappa shape index (κ2) is 7.39. The Bertz CT molecular complexity index is 436. The summed E-state index contributed by atoms with van der Waals surface area (Å²) in [5.41, 5.74) is 0.852. The van der Waals surface area contributed by atoms with Gasteiger partial charge < -0.3 is 10.2 Å². The molecule has 0 bridgehead atoms. The highest BCUT2D eigenvalue weighted by molar-refractivity contribution is 6.31. The molecule has 2 atom stereocenters. The van der Waals surface area contributed by atoms with Crippen LogP contribution < -0.4 is 5.32 Å². The van der Waals surface area contributed by atoms with Crippen LogP contribution in [0.25, 0.3) is 0 Å². The summed E-state index contributed by atoms with van der Waals surface area (Å²) in [4.78, 5) is 2.23. The minimum atomic E-state index is -0.345. The molecule has 0 aromatic heterocycles. The third-order valence-corrected chi connectivity index (χ3v) is 4.82. The average Bonchev–Trinajstić information content (AvgIpc) is 2.42. The second-order valence-corrected chi connectivity index (χ2v) is 6.01. The van der Waals surface area contributed by atoms with Crippen molar-refractivity contribution in [3.8, 4) is 0 Å². The molecule has 0 aliphatic carbocycles. The maximum atomic E-state index is 13.6. The Labute approximate surface area is 127 Å². The molecule has 2 unspecified atom stereocenters. The lowest BCUT2D eigenvalue weighted by Gasteiger charge is -2.43. The molecule has 20 heavy (non-hydrogen) atoms. The Morgan fingerprint density at radius 2 is 2.00 bits per heavy atom. The van der Waals surface area contributed by atoms with Gasteiger partial charge in [0.05, 0.1) is 5.02 Å². The highest BCUT2D eigenvalue weighted by atomic mass is 35.5. The molecule has 0 aliphatic heterocycles. The van der Waals surface area contributed by atoms with Gasteiger partial charge in [-0.05, 0) is 52.0 Å². The van der Waals surface area contributed by atoms with Crippen molar-refractivity contribution >= 4 is 11.6 Å². The summed E-state index contributed by atoms with van der Waals surface area (Å²) >= 11 is 6.09. The lowest BCUT2D eigenvalue weighted by molar-refractivity contribution is 0.113. The van der Waals surface area contributed by atoms with Gasteiger partial charge in [-0.3, -0.25) is 0 Å². The topological polar surface area (TPSA) is 15.3 Å². The zero-order valence-corrected chi connectivity index (χ0v) is 13.9. The number of rotatable bonds is 7. The number of hydrogen-bond acceptors (Lipinski definition) is 2. The van der Waals surface area contributed by atoms with Crippen molar-refractivity contribution < 1.29 is 4.39 Å². The molecule has 0 heterocycles. The summed E-state index contributed by atoms with van der Waals surface area (Å²) in [5, 5.41) is 3.77. The van der Waals surface area contributed by atoms with E-state index in [2.05, 4.69) is 45.1 Å². The molecule has 1 N–H and O–H groups in total. The SMILES string of the molecule is CCNC(Cc1cccc(F)c1Cl)C(C)(CC)N(C)C. The van der Waals surface area contributed by atoms with Crippen molar-refractivity contribution in [1.29, 1.82) is 0 Å². The van der Waals surface area contributed by atoms with Crippen molar-refractivity contribution in [2.45, 2.75) is 45.2 Å². The minimum Gasteiger partial charge on any atom is -0.312 e. The van der Waals surface area contributed by atoms with Crippen LogP contribution in [0.1, 0.15) is 32.8 Å². The third kappa shape index (κ3) is 3.72. The number of halogens is 2. The van der Waals surface area contributed by atoms with Gasteiger partial charge in [-0.2, -0.15) is 0 Å². The van der Waals surface area contributed by atoms with Crippen molar-refractivity contribution in [2.75, 3.05) is 20.6 Å². The maximum absolute atomic E-state index is 13.6. The first-order valence-corrected chi connectivity index (χ1v) is 7.58. The summed E-state index contributed by atoms with van der Waals surface area (Å²) in [6.45, 7) is 7.37. The van der Waals surface area contributed by atoms with E-state index in [1.165, 1.54) is 6.07 Å². The molecule has 0 amide bonds. The fourth-order valence-corrected chi connectivity index (χ4v) is 2.76. The molecule has 1 aromatic carbocycles. The molecule has 1 rings (SSSR count). The van der Waals surface area contributed by atoms with Gasteiger partial charge in [0, 0.05) is 11.6 Å². The van der Waals surface area contributed by atoms with Crippen molar-refractivity contribution in [3.63, 3.8) is 0 Å². The first kappa shape index (κ1) is 17.4. The van der Waals surface area contributed by atoms with Crippen LogP contribution in [0.4, 0.5) is 4.39 Å². The van der Waals surface area contributed by atoms with E-state index in [9.17, 15) is 4.39 Å². The predicted molar refractivity (Wildman–Crippen MR) is 85.0 cm³/mol. The summed E-state index contributed by atoms with van der Waals surface area (Å²) in [6.07, 6.45) is 1.72. The van der Waals surface area contributed by atoms with Crippen LogP contribution in [0.2, 0.25) is 5.02 Å². The molecule has 0 saturated carbocycles. The molecule has 114 valence electrons. The molecule has 1 aromatic rings. The standard InChI is InChI=1S/C16H26ClFN2/c1-6-16(3,20(4)5)14(19-7-2)11-12-9-8-10-13(18)15(12)17/h8-10,14,19H,6-7,11H2,1-5H3. The highest BCUT2D eigenvalue weighted by Crippen LogP contribution is 2.27. The minimum absolute atomic E-state index is 0.00828. The largest absolute Gasteiger partial charge is 0.312 e. The number of hydrogen-bond donors (Lipinski definition) is 1. The number of benzene rings is 1. The molecule has 0 spiro atoms. The Morgan fingerprint density at radius 1 is 1.35 bits per heavy atom. The quantitative estimate of drug-likeness (QED) is 0.825. The lowest BCUT2D eigenvalue weighted by Crippen LogP contribution is -2.57. The second-order valence-electron chi connectivity index (χ2n) is 5.63. The molecule has 4 heteroatoms. The normalized spacial score (nSPS) is 16.2. The van der Waals surface area contributed by atoms with E-state index in [0.717, 1.165) is 18.5 Å². The van der Waals surface area contributed by atoms with E-state index in [0.29, 0.717) is 6.42 Å². The van der Waals surface area contributed by atoms with Crippen LogP contribution >= 0.6 is 11.6 Å². The first-order valence-electron chi connectivity index (χ1n) is 7.20. The van der Waals surface area contributed by atoms with Gasteiger partial charge in [0.2, 0.25) is 0 Å². The van der Waals surface area contributed by atoms with Crippen LogP contribution in [-0.2, 0) is 6.42 Å². The van der Waals surface area contributed by atoms with Gasteiger partial charge in [0.15, 0.2) is 0 Å². The zero-order valence-electron chi connectivity index (χ0n) is 13.1. The molecule has 0 saturated heterocycles. The molecule has 2 nitrogen and oxygen atoms in total. The van der Waals surface area contributed by atoms with Crippen molar-refractivity contribution in [2.24, 2.45) is 0 Å². The van der Waals surface area contributed by atoms with E-state index in [1.807, 2.05) is 6.07 Å². The highest BCUT2D eigenvalue weighted by Gasteiger charge is 2.34. The lowest BCUT2D eigenvalue weighted by atomic mass is 9.84. The van der Waals surface area contributed by atoms with Gasteiger partial charge in [-0.15, -0.1) is 0 Å². The van der Waals surface area contributed by atoms with Gasteiger partial charge in [0.25, 0.3) is 0 Å². The van der Waals surface area contributed by atoms with E-state index in [-0.39, 0.29) is 22.4 Å². The monoisotopic (exact) mass is 300 g/mol. The molecule has 0 radical (unpaired) electrons. The van der Waals surface area contributed by atoms with Gasteiger partial charge in [-0.1, -0.05) is 37.6 Å². The summed E-state index contributed by atoms with van der Waals surface area (Å²) in [7, 11) is 4.17. The molecular formula is C16H26ClFN2. The van der Waals surface area contributed by atoms with E-state index in [1.54, 1.807) is 6.07 Å². The fraction of sp³-hybridized carbons (Fsp3) is 0.625. The van der Waals surface area contributed by atoms with Crippen molar-refractivity contribution in [1.82, 2.24) is 10.2 Å². The molecule has 0 fully saturated rings. The number of likely N-dealkylation sites (N-methyl/N-ethyl adjacent to an activating group) is 2. The zero-order chi connectivity index (χ0) is 15.3. The van der Waals surface area contributed by atoms with Crippen LogP contribution in [0.15, 0.2) is 18.2 Å². The Balaban J connectivity index is 3.06. The van der Waals surface area contributed by atoms with Crippen LogP contribution in [0, 0.1) is 5.82 Å². The summed E-state index contributed by atoms with van der Waals surface area (Å²) in [6, 6.07) is 5.24. The van der Waals surface area contributed by atoms with Gasteiger partial charge in [-0.25, -0.2) is 4.39 Å². The van der Waals surface area contributed by atoms with Gasteiger partial charge in [0.1, 0.15) is 5.82 Å². The number of nitrogens with zero attached hydrogens (tertiary/aromatic N) is 1. The first-order chi connectivity index (χ1) is 9.36. The van der Waals surface area contributed by atoms with Crippen LogP contribution in [0.5, 0.6) is 0 Å². The molecular weight excluding hydrogens is 275 g/mol. The summed E-state index contributed by atoms with van der Waals surface area (Å²) in [5.74, 6) is -0.345. The van der Waals surface area contributed by atoms with E-state index in [4.69, 9.17) is 11.6 Å². The van der Waals surface area contributed by atoms with E-state index >= 15 is 0 Å². The van der Waals surface area contributed by atoms with Crippen LogP contribution in [0.3, 0.4) is 0 Å². The molecule has 0 aliphatic rings. The van der Waals surface area contributed by atoms with Crippen molar-refractivity contribution in [3.05, 3.63) is 34.6 Å². The Hall–Kier alpha value is -0.640. The Kier molecular flexibility index (Phi) is 6.44. The number of nitrogens with one attached hydrogen (secondary N) is 1. The Morgan fingerprint density at radius 3 is 2.50 bits per heavy atom. The average molecular weight is 301 g/mol. The third-order valence-electron chi connectivity index (χ3n) is 4.39. The summed E-state index contributed by atoms with van der Waals surface area (Å²) < 4.78 is 13.6. The van der Waals surface area contributed by atoms with Gasteiger partial charge >= 0.3 is 0 Å². The maximum Gasteiger partial charge on any atom is 0.142 e. The predicted octanol–water partition coefficient (Wildman–Crippen LogP) is 3.73. The smallest absolute Gasteiger partial charge is 0.142 e. The van der Waals surface area contributed by atoms with E-state index < -0.39 is 0 Å².